The van der Waals surface area contributed by atoms with Crippen LogP contribution in [-0.4, -0.2) is 22.5 Å². The van der Waals surface area contributed by atoms with Gasteiger partial charge in [-0.05, 0) is 49.1 Å². The van der Waals surface area contributed by atoms with Gasteiger partial charge in [0.05, 0.1) is 37.6 Å². The van der Waals surface area contributed by atoms with E-state index in [-0.39, 0.29) is 17.2 Å². The Bertz CT molecular complexity index is 1130. The van der Waals surface area contributed by atoms with Crippen molar-refractivity contribution in [3.05, 3.63) is 82.9 Å². The van der Waals surface area contributed by atoms with E-state index in [1.54, 1.807) is 6.20 Å². The van der Waals surface area contributed by atoms with Crippen LogP contribution in [0.4, 0.5) is 5.69 Å². The second-order valence-corrected chi connectivity index (χ2v) is 8.40. The van der Waals surface area contributed by atoms with Gasteiger partial charge >= 0.3 is 0 Å². The van der Waals surface area contributed by atoms with Crippen LogP contribution in [-0.2, 0) is 28.2 Å². The van der Waals surface area contributed by atoms with Gasteiger partial charge in [-0.1, -0.05) is 36.4 Å². The molecule has 1 fully saturated rings. The van der Waals surface area contributed by atoms with Crippen molar-refractivity contribution >= 4 is 11.6 Å². The summed E-state index contributed by atoms with van der Waals surface area (Å²) in [5.74, 6) is 1.23. The molecule has 2 atom stereocenters. The number of fused-ring (bicyclic) bond motifs is 1. The fourth-order valence-corrected chi connectivity index (χ4v) is 4.38. The van der Waals surface area contributed by atoms with E-state index in [2.05, 4.69) is 27.4 Å². The first-order chi connectivity index (χ1) is 15.0. The molecular weight excluding hydrogens is 390 g/mol. The Labute approximate surface area is 181 Å². The van der Waals surface area contributed by atoms with Gasteiger partial charge in [-0.2, -0.15) is 0 Å². The van der Waals surface area contributed by atoms with Crippen LogP contribution in [0.25, 0.3) is 0 Å². The van der Waals surface area contributed by atoms with E-state index in [0.29, 0.717) is 31.4 Å². The van der Waals surface area contributed by atoms with Crippen LogP contribution in [0, 0.1) is 19.8 Å². The second kappa shape index (κ2) is 7.78. The van der Waals surface area contributed by atoms with Crippen LogP contribution < -0.4 is 10.1 Å². The number of benzene rings is 2. The van der Waals surface area contributed by atoms with Gasteiger partial charge in [-0.15, -0.1) is 0 Å². The summed E-state index contributed by atoms with van der Waals surface area (Å²) < 4.78 is 11.6. The molecule has 6 nitrogen and oxygen atoms in total. The molecule has 0 spiro atoms. The molecule has 3 aromatic rings. The van der Waals surface area contributed by atoms with Crippen LogP contribution in [0.3, 0.4) is 0 Å². The molecule has 1 amide bonds. The number of amides is 1. The minimum absolute atomic E-state index is 0.0168. The summed E-state index contributed by atoms with van der Waals surface area (Å²) in [6, 6.07) is 16.1. The lowest BCUT2D eigenvalue weighted by molar-refractivity contribution is -0.117. The molecule has 0 bridgehead atoms. The highest BCUT2D eigenvalue weighted by atomic mass is 16.5. The number of nitrogens with zero attached hydrogens (tertiary/aromatic N) is 2. The van der Waals surface area contributed by atoms with E-state index in [0.717, 1.165) is 28.9 Å². The minimum atomic E-state index is -0.359. The zero-order valence-corrected chi connectivity index (χ0v) is 17.7. The number of aromatic nitrogens is 2. The molecule has 1 N–H and O–H groups in total. The van der Waals surface area contributed by atoms with Gasteiger partial charge in [0.15, 0.2) is 5.75 Å². The maximum atomic E-state index is 13.2. The minimum Gasteiger partial charge on any atom is -0.489 e. The molecule has 1 aliphatic heterocycles. The maximum absolute atomic E-state index is 13.2. The van der Waals surface area contributed by atoms with Crippen molar-refractivity contribution in [3.63, 3.8) is 0 Å². The SMILES string of the molecule is Cc1ncc(OC[C@@]2(c3ccccc3)C[C@H]2C(=O)Nc2ccc3c(c2)COC3)c(C)n1. The Hall–Kier alpha value is -3.25. The summed E-state index contributed by atoms with van der Waals surface area (Å²) in [6.45, 7) is 5.41. The van der Waals surface area contributed by atoms with Crippen LogP contribution >= 0.6 is 0 Å². The molecule has 31 heavy (non-hydrogen) atoms. The number of anilines is 1. The number of rotatable bonds is 6. The summed E-state index contributed by atoms with van der Waals surface area (Å²) in [5.41, 5.74) is 4.70. The van der Waals surface area contributed by atoms with Crippen molar-refractivity contribution in [3.8, 4) is 5.75 Å². The standard InChI is InChI=1S/C25H25N3O3/c1-16-23(12-26-17(2)27-16)31-15-25(20-6-4-3-5-7-20)11-22(25)24(29)28-21-9-8-18-13-30-14-19(18)10-21/h3-10,12,22H,11,13-15H2,1-2H3,(H,28,29)/t22-,25+/m0/s1. The van der Waals surface area contributed by atoms with Crippen LogP contribution in [0.5, 0.6) is 5.75 Å². The summed E-state index contributed by atoms with van der Waals surface area (Å²) >= 11 is 0. The first-order valence-corrected chi connectivity index (χ1v) is 10.5. The number of carbonyl (C=O) groups is 1. The Morgan fingerprint density at radius 2 is 1.97 bits per heavy atom. The van der Waals surface area contributed by atoms with E-state index in [1.807, 2.05) is 50.2 Å². The van der Waals surface area contributed by atoms with E-state index in [9.17, 15) is 4.79 Å². The first-order valence-electron chi connectivity index (χ1n) is 10.5. The van der Waals surface area contributed by atoms with Gasteiger partial charge in [-0.3, -0.25) is 4.79 Å². The average molecular weight is 415 g/mol. The molecule has 1 aliphatic carbocycles. The normalized spacial score (nSPS) is 21.4. The lowest BCUT2D eigenvalue weighted by Crippen LogP contribution is -2.26. The maximum Gasteiger partial charge on any atom is 0.228 e. The number of hydrogen-bond acceptors (Lipinski definition) is 5. The number of hydrogen-bond donors (Lipinski definition) is 1. The molecule has 1 saturated carbocycles. The van der Waals surface area contributed by atoms with E-state index >= 15 is 0 Å². The Balaban J connectivity index is 1.35. The topological polar surface area (TPSA) is 73.3 Å². The van der Waals surface area contributed by atoms with Gasteiger partial charge in [-0.25, -0.2) is 9.97 Å². The first kappa shape index (κ1) is 19.7. The lowest BCUT2D eigenvalue weighted by Gasteiger charge is -2.19. The zero-order chi connectivity index (χ0) is 21.4. The summed E-state index contributed by atoms with van der Waals surface area (Å²) in [6.07, 6.45) is 2.45. The number of nitrogens with one attached hydrogen (secondary N) is 1. The highest BCUT2D eigenvalue weighted by Gasteiger charge is 2.60. The summed E-state index contributed by atoms with van der Waals surface area (Å²) in [5, 5.41) is 3.10. The molecule has 0 radical (unpaired) electrons. The average Bonchev–Trinajstić information content (AvgIpc) is 3.34. The van der Waals surface area contributed by atoms with E-state index < -0.39 is 0 Å². The molecule has 0 unspecified atom stereocenters. The van der Waals surface area contributed by atoms with Crippen molar-refractivity contribution < 1.29 is 14.3 Å². The predicted octanol–water partition coefficient (Wildman–Crippen LogP) is 4.10. The van der Waals surface area contributed by atoms with Crippen LogP contribution in [0.2, 0.25) is 0 Å². The summed E-state index contributed by atoms with van der Waals surface area (Å²) in [4.78, 5) is 21.8. The zero-order valence-electron chi connectivity index (χ0n) is 17.7. The van der Waals surface area contributed by atoms with Crippen molar-refractivity contribution in [1.29, 1.82) is 0 Å². The van der Waals surface area contributed by atoms with Crippen molar-refractivity contribution in [2.75, 3.05) is 11.9 Å². The molecule has 2 heterocycles. The molecule has 2 aliphatic rings. The third-order valence-corrected chi connectivity index (χ3v) is 6.27. The number of ether oxygens (including phenoxy) is 2. The highest BCUT2D eigenvalue weighted by Crippen LogP contribution is 2.55. The monoisotopic (exact) mass is 415 g/mol. The van der Waals surface area contributed by atoms with Crippen molar-refractivity contribution in [2.24, 2.45) is 5.92 Å². The molecule has 5 rings (SSSR count). The highest BCUT2D eigenvalue weighted by molar-refractivity contribution is 5.96. The molecule has 6 heteroatoms. The molecule has 0 saturated heterocycles. The Morgan fingerprint density at radius 1 is 1.16 bits per heavy atom. The van der Waals surface area contributed by atoms with Gasteiger partial charge in [0, 0.05) is 11.1 Å². The van der Waals surface area contributed by atoms with Crippen LogP contribution in [0.1, 0.15) is 34.6 Å². The van der Waals surface area contributed by atoms with E-state index in [1.165, 1.54) is 5.56 Å². The van der Waals surface area contributed by atoms with E-state index in [4.69, 9.17) is 9.47 Å². The molecule has 2 aromatic carbocycles. The molecule has 158 valence electrons. The van der Waals surface area contributed by atoms with Crippen molar-refractivity contribution in [1.82, 2.24) is 9.97 Å². The van der Waals surface area contributed by atoms with Crippen molar-refractivity contribution in [2.45, 2.75) is 38.9 Å². The fourth-order valence-electron chi connectivity index (χ4n) is 4.38. The second-order valence-electron chi connectivity index (χ2n) is 8.40. The lowest BCUT2D eigenvalue weighted by atomic mass is 9.93. The van der Waals surface area contributed by atoms with Gasteiger partial charge < -0.3 is 14.8 Å². The molecule has 1 aromatic heterocycles. The smallest absolute Gasteiger partial charge is 0.228 e. The Kier molecular flexibility index (Phi) is 4.94. The number of carbonyl (C=O) groups excluding carboxylic acids is 1. The van der Waals surface area contributed by atoms with Gasteiger partial charge in [0.2, 0.25) is 5.91 Å². The molecular formula is C25H25N3O3. The largest absolute Gasteiger partial charge is 0.489 e. The third kappa shape index (κ3) is 3.79. The van der Waals surface area contributed by atoms with Gasteiger partial charge in [0.1, 0.15) is 5.82 Å². The number of aryl methyl sites for hydroxylation is 2. The predicted molar refractivity (Wildman–Crippen MR) is 117 cm³/mol. The quantitative estimate of drug-likeness (QED) is 0.656. The third-order valence-electron chi connectivity index (χ3n) is 6.27. The Morgan fingerprint density at radius 3 is 2.77 bits per heavy atom. The summed E-state index contributed by atoms with van der Waals surface area (Å²) in [7, 11) is 0. The van der Waals surface area contributed by atoms with Crippen LogP contribution in [0.15, 0.2) is 54.7 Å². The fraction of sp³-hybridized carbons (Fsp3) is 0.320. The van der Waals surface area contributed by atoms with Gasteiger partial charge in [0.25, 0.3) is 0 Å².